The van der Waals surface area contributed by atoms with Crippen LogP contribution in [-0.2, 0) is 6.54 Å². The van der Waals surface area contributed by atoms with Gasteiger partial charge in [-0.25, -0.2) is 0 Å². The molecule has 0 bridgehead atoms. The Hall–Kier alpha value is -0.260. The van der Waals surface area contributed by atoms with Gasteiger partial charge in [0.1, 0.15) is 0 Å². The van der Waals surface area contributed by atoms with Crippen LogP contribution in [0.25, 0.3) is 0 Å². The Labute approximate surface area is 130 Å². The van der Waals surface area contributed by atoms with Crippen LogP contribution in [0.5, 0.6) is 0 Å². The highest BCUT2D eigenvalue weighted by Crippen LogP contribution is 2.37. The Bertz CT molecular complexity index is 464. The Morgan fingerprint density at radius 3 is 2.70 bits per heavy atom. The van der Waals surface area contributed by atoms with Gasteiger partial charge in [0.25, 0.3) is 0 Å². The number of benzene rings is 1. The number of hydrogen-bond acceptors (Lipinski definition) is 1. The molecule has 1 aliphatic rings. The third kappa shape index (κ3) is 4.37. The average molecular weight is 371 g/mol. The van der Waals surface area contributed by atoms with Crippen LogP contribution in [0.15, 0.2) is 22.7 Å². The minimum Gasteiger partial charge on any atom is -0.310 e. The Kier molecular flexibility index (Phi) is 5.37. The van der Waals surface area contributed by atoms with Gasteiger partial charge in [-0.05, 0) is 37.0 Å². The molecule has 0 aromatic heterocycles. The monoisotopic (exact) mass is 369 g/mol. The van der Waals surface area contributed by atoms with Gasteiger partial charge in [-0.2, -0.15) is 13.2 Å². The molecule has 0 heterocycles. The summed E-state index contributed by atoms with van der Waals surface area (Å²) in [5, 5.41) is 3.86. The summed E-state index contributed by atoms with van der Waals surface area (Å²) in [7, 11) is 0. The predicted molar refractivity (Wildman–Crippen MR) is 77.8 cm³/mol. The number of nitrogens with one attached hydrogen (secondary N) is 1. The maximum absolute atomic E-state index is 12.7. The Balaban J connectivity index is 1.90. The quantitative estimate of drug-likeness (QED) is 0.760. The molecule has 112 valence electrons. The SMILES string of the molecule is FC(F)(F)C1CCCC(NCc2ccc(Cl)cc2Br)C1. The molecule has 1 aromatic carbocycles. The summed E-state index contributed by atoms with van der Waals surface area (Å²) in [5.74, 6) is -1.16. The first-order chi connectivity index (χ1) is 9.36. The Morgan fingerprint density at radius 2 is 2.05 bits per heavy atom. The van der Waals surface area contributed by atoms with Crippen molar-refractivity contribution >= 4 is 27.5 Å². The molecule has 0 aliphatic heterocycles. The molecular formula is C14H16BrClF3N. The van der Waals surface area contributed by atoms with Crippen LogP contribution in [0, 0.1) is 5.92 Å². The van der Waals surface area contributed by atoms with Crippen molar-refractivity contribution in [3.05, 3.63) is 33.3 Å². The van der Waals surface area contributed by atoms with Crippen molar-refractivity contribution in [2.75, 3.05) is 0 Å². The van der Waals surface area contributed by atoms with Gasteiger partial charge in [0.15, 0.2) is 0 Å². The fourth-order valence-electron chi connectivity index (χ4n) is 2.59. The van der Waals surface area contributed by atoms with E-state index in [1.54, 1.807) is 12.1 Å². The summed E-state index contributed by atoms with van der Waals surface area (Å²) in [4.78, 5) is 0. The number of rotatable bonds is 3. The van der Waals surface area contributed by atoms with Gasteiger partial charge < -0.3 is 5.32 Å². The molecule has 1 fully saturated rings. The minimum absolute atomic E-state index is 0.0713. The van der Waals surface area contributed by atoms with E-state index in [1.165, 1.54) is 0 Å². The zero-order chi connectivity index (χ0) is 14.8. The lowest BCUT2D eigenvalue weighted by Crippen LogP contribution is -2.38. The first kappa shape index (κ1) is 16.1. The van der Waals surface area contributed by atoms with Crippen molar-refractivity contribution in [2.45, 2.75) is 44.4 Å². The van der Waals surface area contributed by atoms with Crippen molar-refractivity contribution in [1.29, 1.82) is 0 Å². The molecule has 0 radical (unpaired) electrons. The lowest BCUT2D eigenvalue weighted by Gasteiger charge is -2.31. The molecule has 1 aliphatic carbocycles. The minimum atomic E-state index is -4.07. The van der Waals surface area contributed by atoms with Crippen molar-refractivity contribution in [2.24, 2.45) is 5.92 Å². The van der Waals surface area contributed by atoms with E-state index < -0.39 is 12.1 Å². The summed E-state index contributed by atoms with van der Waals surface area (Å²) >= 11 is 9.27. The molecule has 1 aromatic rings. The van der Waals surface area contributed by atoms with Crippen LogP contribution in [0.2, 0.25) is 5.02 Å². The van der Waals surface area contributed by atoms with Gasteiger partial charge in [0.2, 0.25) is 0 Å². The topological polar surface area (TPSA) is 12.0 Å². The zero-order valence-corrected chi connectivity index (χ0v) is 13.2. The molecule has 20 heavy (non-hydrogen) atoms. The van der Waals surface area contributed by atoms with Crippen LogP contribution in [0.4, 0.5) is 13.2 Å². The molecule has 0 amide bonds. The smallest absolute Gasteiger partial charge is 0.310 e. The normalized spacial score (nSPS) is 23.9. The molecule has 2 atom stereocenters. The summed E-state index contributed by atoms with van der Waals surface area (Å²) in [5.41, 5.74) is 1.00. The van der Waals surface area contributed by atoms with E-state index in [2.05, 4.69) is 21.2 Å². The van der Waals surface area contributed by atoms with E-state index in [1.807, 2.05) is 6.07 Å². The Morgan fingerprint density at radius 1 is 1.30 bits per heavy atom. The van der Waals surface area contributed by atoms with Crippen LogP contribution in [0.3, 0.4) is 0 Å². The molecule has 0 spiro atoms. The third-order valence-corrected chi connectivity index (χ3v) is 4.71. The van der Waals surface area contributed by atoms with Crippen molar-refractivity contribution < 1.29 is 13.2 Å². The molecule has 1 N–H and O–H groups in total. The second-order valence-electron chi connectivity index (χ2n) is 5.22. The molecule has 2 unspecified atom stereocenters. The highest BCUT2D eigenvalue weighted by molar-refractivity contribution is 9.10. The second-order valence-corrected chi connectivity index (χ2v) is 6.51. The maximum atomic E-state index is 12.7. The predicted octanol–water partition coefficient (Wildman–Crippen LogP) is 5.31. The molecule has 6 heteroatoms. The van der Waals surface area contributed by atoms with Crippen molar-refractivity contribution in [3.63, 3.8) is 0 Å². The maximum Gasteiger partial charge on any atom is 0.391 e. The van der Waals surface area contributed by atoms with E-state index in [0.717, 1.165) is 16.5 Å². The van der Waals surface area contributed by atoms with Crippen LogP contribution in [0.1, 0.15) is 31.2 Å². The van der Waals surface area contributed by atoms with Crippen molar-refractivity contribution in [1.82, 2.24) is 5.32 Å². The van der Waals surface area contributed by atoms with E-state index in [-0.39, 0.29) is 18.9 Å². The van der Waals surface area contributed by atoms with E-state index in [4.69, 9.17) is 11.6 Å². The van der Waals surface area contributed by atoms with E-state index in [9.17, 15) is 13.2 Å². The van der Waals surface area contributed by atoms with Gasteiger partial charge >= 0.3 is 6.18 Å². The second kappa shape index (κ2) is 6.67. The molecule has 2 rings (SSSR count). The van der Waals surface area contributed by atoms with E-state index in [0.29, 0.717) is 18.0 Å². The zero-order valence-electron chi connectivity index (χ0n) is 10.8. The summed E-state index contributed by atoms with van der Waals surface area (Å²) < 4.78 is 39.1. The van der Waals surface area contributed by atoms with Crippen LogP contribution in [-0.4, -0.2) is 12.2 Å². The molecule has 1 nitrogen and oxygen atoms in total. The molecule has 0 saturated heterocycles. The average Bonchev–Trinajstić information content (AvgIpc) is 2.37. The third-order valence-electron chi connectivity index (χ3n) is 3.73. The number of hydrogen-bond donors (Lipinski definition) is 1. The van der Waals surface area contributed by atoms with Gasteiger partial charge in [-0.1, -0.05) is 40.0 Å². The first-order valence-electron chi connectivity index (χ1n) is 6.60. The van der Waals surface area contributed by atoms with Crippen LogP contribution >= 0.6 is 27.5 Å². The highest BCUT2D eigenvalue weighted by atomic mass is 79.9. The summed E-state index contributed by atoms with van der Waals surface area (Å²) in [6, 6.07) is 5.38. The van der Waals surface area contributed by atoms with Gasteiger partial charge in [0, 0.05) is 22.1 Å². The summed E-state index contributed by atoms with van der Waals surface area (Å²) in [6.45, 7) is 0.549. The van der Waals surface area contributed by atoms with E-state index >= 15 is 0 Å². The highest BCUT2D eigenvalue weighted by Gasteiger charge is 2.41. The van der Waals surface area contributed by atoms with Gasteiger partial charge in [0.05, 0.1) is 5.92 Å². The fourth-order valence-corrected chi connectivity index (χ4v) is 3.41. The molecule has 1 saturated carbocycles. The fraction of sp³-hybridized carbons (Fsp3) is 0.571. The largest absolute Gasteiger partial charge is 0.391 e. The van der Waals surface area contributed by atoms with Gasteiger partial charge in [-0.3, -0.25) is 0 Å². The lowest BCUT2D eigenvalue weighted by molar-refractivity contribution is -0.183. The first-order valence-corrected chi connectivity index (χ1v) is 7.77. The number of alkyl halides is 3. The van der Waals surface area contributed by atoms with Crippen LogP contribution < -0.4 is 5.32 Å². The summed E-state index contributed by atoms with van der Waals surface area (Å²) in [6.07, 6.45) is -2.20. The van der Waals surface area contributed by atoms with Gasteiger partial charge in [-0.15, -0.1) is 0 Å². The number of halogens is 5. The van der Waals surface area contributed by atoms with Crippen molar-refractivity contribution in [3.8, 4) is 0 Å². The standard InChI is InChI=1S/C14H16BrClF3N/c15-13-7-11(16)5-4-9(13)8-20-12-3-1-2-10(6-12)14(17,18)19/h4-5,7,10,12,20H,1-3,6,8H2. The lowest BCUT2D eigenvalue weighted by atomic mass is 9.85. The molecular weight excluding hydrogens is 355 g/mol.